The van der Waals surface area contributed by atoms with Gasteiger partial charge in [0, 0.05) is 29.7 Å². The van der Waals surface area contributed by atoms with Crippen molar-refractivity contribution >= 4 is 22.2 Å². The van der Waals surface area contributed by atoms with Crippen molar-refractivity contribution < 1.29 is 0 Å². The van der Waals surface area contributed by atoms with Crippen molar-refractivity contribution in [1.82, 2.24) is 14.4 Å². The van der Waals surface area contributed by atoms with Crippen LogP contribution in [0.25, 0.3) is 16.6 Å². The van der Waals surface area contributed by atoms with Crippen LogP contribution >= 0.6 is 0 Å². The van der Waals surface area contributed by atoms with Crippen LogP contribution < -0.4 is 5.32 Å². The molecule has 4 nitrogen and oxygen atoms in total. The van der Waals surface area contributed by atoms with Gasteiger partial charge in [-0.05, 0) is 36.4 Å². The summed E-state index contributed by atoms with van der Waals surface area (Å²) in [5, 5.41) is 4.55. The zero-order chi connectivity index (χ0) is 14.1. The van der Waals surface area contributed by atoms with Crippen molar-refractivity contribution in [1.29, 1.82) is 0 Å². The fourth-order valence-corrected chi connectivity index (χ4v) is 2.45. The molecular weight excluding hydrogens is 260 g/mol. The molecule has 0 atom stereocenters. The molecule has 1 N–H and O–H groups in total. The molecule has 3 aromatic heterocycles. The lowest BCUT2D eigenvalue weighted by Crippen LogP contribution is -1.99. The summed E-state index contributed by atoms with van der Waals surface area (Å²) in [5.74, 6) is 0. The van der Waals surface area contributed by atoms with Gasteiger partial charge >= 0.3 is 0 Å². The predicted octanol–water partition coefficient (Wildman–Crippen LogP) is 3.49. The van der Waals surface area contributed by atoms with E-state index in [0.29, 0.717) is 6.54 Å². The largest absolute Gasteiger partial charge is 0.379 e. The third-order valence-corrected chi connectivity index (χ3v) is 3.49. The highest BCUT2D eigenvalue weighted by atomic mass is 15.0. The first-order valence-corrected chi connectivity index (χ1v) is 6.90. The molecule has 1 aromatic carbocycles. The van der Waals surface area contributed by atoms with Crippen LogP contribution in [0.2, 0.25) is 0 Å². The Kier molecular flexibility index (Phi) is 2.78. The van der Waals surface area contributed by atoms with Gasteiger partial charge in [0.05, 0.1) is 17.8 Å². The quantitative estimate of drug-likeness (QED) is 0.622. The average Bonchev–Trinajstić information content (AvgIpc) is 2.95. The summed E-state index contributed by atoms with van der Waals surface area (Å²) < 4.78 is 2.03. The summed E-state index contributed by atoms with van der Waals surface area (Å²) in [6.07, 6.45) is 5.87. The monoisotopic (exact) mass is 274 g/mol. The number of imidazole rings is 1. The van der Waals surface area contributed by atoms with Gasteiger partial charge in [0.25, 0.3) is 0 Å². The molecule has 0 bridgehead atoms. The van der Waals surface area contributed by atoms with E-state index in [1.807, 2.05) is 59.4 Å². The molecule has 102 valence electrons. The first kappa shape index (κ1) is 11.9. The molecule has 0 aliphatic rings. The molecule has 3 heterocycles. The number of hydrogen-bond acceptors (Lipinski definition) is 3. The Morgan fingerprint density at radius 3 is 3.00 bits per heavy atom. The molecule has 0 aliphatic carbocycles. The fourth-order valence-electron chi connectivity index (χ4n) is 2.45. The number of rotatable bonds is 3. The van der Waals surface area contributed by atoms with E-state index in [-0.39, 0.29) is 0 Å². The van der Waals surface area contributed by atoms with Crippen LogP contribution in [-0.4, -0.2) is 14.4 Å². The van der Waals surface area contributed by atoms with Crippen LogP contribution in [-0.2, 0) is 6.54 Å². The molecular formula is C17H14N4. The van der Waals surface area contributed by atoms with Gasteiger partial charge in [-0.15, -0.1) is 0 Å². The second kappa shape index (κ2) is 4.90. The molecule has 4 aromatic rings. The van der Waals surface area contributed by atoms with Gasteiger partial charge in [-0.3, -0.25) is 4.98 Å². The highest BCUT2D eigenvalue weighted by molar-refractivity contribution is 5.82. The maximum atomic E-state index is 4.58. The minimum Gasteiger partial charge on any atom is -0.379 e. The van der Waals surface area contributed by atoms with Crippen LogP contribution in [0.1, 0.15) is 5.69 Å². The third kappa shape index (κ3) is 2.31. The zero-order valence-corrected chi connectivity index (χ0v) is 11.4. The Morgan fingerprint density at radius 1 is 1.05 bits per heavy atom. The number of fused-ring (bicyclic) bond motifs is 2. The van der Waals surface area contributed by atoms with Crippen molar-refractivity contribution in [2.45, 2.75) is 6.54 Å². The molecule has 0 saturated carbocycles. The minimum atomic E-state index is 0.702. The van der Waals surface area contributed by atoms with E-state index in [1.54, 1.807) is 0 Å². The van der Waals surface area contributed by atoms with E-state index in [0.717, 1.165) is 27.9 Å². The highest BCUT2D eigenvalue weighted by Crippen LogP contribution is 2.17. The first-order valence-electron chi connectivity index (χ1n) is 6.90. The Balaban J connectivity index is 1.57. The number of aromatic nitrogens is 3. The lowest BCUT2D eigenvalue weighted by Gasteiger charge is -2.05. The Hall–Kier alpha value is -2.88. The molecule has 0 saturated heterocycles. The van der Waals surface area contributed by atoms with Crippen LogP contribution in [0.4, 0.5) is 5.69 Å². The number of nitrogens with one attached hydrogen (secondary N) is 1. The highest BCUT2D eigenvalue weighted by Gasteiger charge is 2.01. The minimum absolute atomic E-state index is 0.702. The van der Waals surface area contributed by atoms with E-state index >= 15 is 0 Å². The van der Waals surface area contributed by atoms with Crippen molar-refractivity contribution in [2.75, 3.05) is 5.32 Å². The Morgan fingerprint density at radius 2 is 2.05 bits per heavy atom. The van der Waals surface area contributed by atoms with Crippen LogP contribution in [0.5, 0.6) is 0 Å². The van der Waals surface area contributed by atoms with Crippen molar-refractivity contribution in [2.24, 2.45) is 0 Å². The second-order valence-electron chi connectivity index (χ2n) is 4.96. The van der Waals surface area contributed by atoms with E-state index in [4.69, 9.17) is 0 Å². The van der Waals surface area contributed by atoms with Gasteiger partial charge in [-0.1, -0.05) is 12.1 Å². The van der Waals surface area contributed by atoms with Crippen molar-refractivity contribution in [3.8, 4) is 0 Å². The van der Waals surface area contributed by atoms with Gasteiger partial charge in [0.1, 0.15) is 5.65 Å². The van der Waals surface area contributed by atoms with E-state index in [1.165, 1.54) is 0 Å². The molecule has 0 spiro atoms. The Labute approximate surface area is 122 Å². The maximum Gasteiger partial charge on any atom is 0.137 e. The molecule has 0 unspecified atom stereocenters. The molecule has 0 fully saturated rings. The standard InChI is InChI=1S/C17H14N4/c1-2-9-21-12-15(20-17(21)5-1)11-19-14-6-7-16-13(10-14)4-3-8-18-16/h1-10,12,19H,11H2. The van der Waals surface area contributed by atoms with Crippen molar-refractivity contribution in [3.63, 3.8) is 0 Å². The SMILES string of the molecule is c1cnc2ccc(NCc3cn4ccccc4n3)cc2c1. The average molecular weight is 274 g/mol. The summed E-state index contributed by atoms with van der Waals surface area (Å²) in [6.45, 7) is 0.702. The number of anilines is 1. The number of benzene rings is 1. The topological polar surface area (TPSA) is 42.2 Å². The summed E-state index contributed by atoms with van der Waals surface area (Å²) >= 11 is 0. The number of nitrogens with zero attached hydrogens (tertiary/aromatic N) is 3. The summed E-state index contributed by atoms with van der Waals surface area (Å²) in [5.41, 5.74) is 4.08. The zero-order valence-electron chi connectivity index (χ0n) is 11.4. The van der Waals surface area contributed by atoms with Crippen LogP contribution in [0, 0.1) is 0 Å². The summed E-state index contributed by atoms with van der Waals surface area (Å²) in [6, 6.07) is 16.2. The molecule has 0 aliphatic heterocycles. The third-order valence-electron chi connectivity index (χ3n) is 3.49. The molecule has 21 heavy (non-hydrogen) atoms. The van der Waals surface area contributed by atoms with Gasteiger partial charge in [0.15, 0.2) is 0 Å². The normalized spacial score (nSPS) is 11.0. The van der Waals surface area contributed by atoms with E-state index in [2.05, 4.69) is 27.4 Å². The lowest BCUT2D eigenvalue weighted by atomic mass is 10.2. The molecule has 4 rings (SSSR count). The molecule has 0 radical (unpaired) electrons. The predicted molar refractivity (Wildman–Crippen MR) is 84.3 cm³/mol. The summed E-state index contributed by atoms with van der Waals surface area (Å²) in [4.78, 5) is 8.90. The number of hydrogen-bond donors (Lipinski definition) is 1. The van der Waals surface area contributed by atoms with E-state index < -0.39 is 0 Å². The van der Waals surface area contributed by atoms with Gasteiger partial charge in [-0.25, -0.2) is 4.98 Å². The van der Waals surface area contributed by atoms with Crippen LogP contribution in [0.15, 0.2) is 67.1 Å². The van der Waals surface area contributed by atoms with E-state index in [9.17, 15) is 0 Å². The molecule has 0 amide bonds. The first-order chi connectivity index (χ1) is 10.4. The lowest BCUT2D eigenvalue weighted by molar-refractivity contribution is 1.08. The Bertz CT molecular complexity index is 878. The smallest absolute Gasteiger partial charge is 0.137 e. The number of pyridine rings is 2. The van der Waals surface area contributed by atoms with Crippen LogP contribution in [0.3, 0.4) is 0 Å². The van der Waals surface area contributed by atoms with Gasteiger partial charge in [-0.2, -0.15) is 0 Å². The van der Waals surface area contributed by atoms with Gasteiger partial charge < -0.3 is 9.72 Å². The maximum absolute atomic E-state index is 4.58. The van der Waals surface area contributed by atoms with Gasteiger partial charge in [0.2, 0.25) is 0 Å². The molecule has 4 heteroatoms. The fraction of sp³-hybridized carbons (Fsp3) is 0.0588. The van der Waals surface area contributed by atoms with Crippen molar-refractivity contribution in [3.05, 3.63) is 72.8 Å². The summed E-state index contributed by atoms with van der Waals surface area (Å²) in [7, 11) is 0. The second-order valence-corrected chi connectivity index (χ2v) is 4.96.